The van der Waals surface area contributed by atoms with Crippen LogP contribution in [0.4, 0.5) is 15.4 Å². The summed E-state index contributed by atoms with van der Waals surface area (Å²) in [4.78, 5) is 33.8. The Morgan fingerprint density at radius 3 is 1.88 bits per heavy atom. The van der Waals surface area contributed by atoms with Gasteiger partial charge in [-0.25, -0.2) is 19.6 Å². The highest BCUT2D eigenvalue weighted by Gasteiger charge is 2.34. The number of imide groups is 1. The number of halogens is 1. The summed E-state index contributed by atoms with van der Waals surface area (Å²) >= 11 is 7.18. The van der Waals surface area contributed by atoms with Crippen molar-refractivity contribution in [2.24, 2.45) is 0 Å². The summed E-state index contributed by atoms with van der Waals surface area (Å²) in [5.41, 5.74) is -1.59. The molecule has 0 saturated carbocycles. The lowest BCUT2D eigenvalue weighted by atomic mass is 10.2. The van der Waals surface area contributed by atoms with E-state index in [0.29, 0.717) is 10.1 Å². The minimum Gasteiger partial charge on any atom is -0.443 e. The van der Waals surface area contributed by atoms with Gasteiger partial charge in [-0.15, -0.1) is 0 Å². The third kappa shape index (κ3) is 6.52. The van der Waals surface area contributed by atoms with Crippen LogP contribution < -0.4 is 4.90 Å². The van der Waals surface area contributed by atoms with Gasteiger partial charge in [-0.2, -0.15) is 4.90 Å². The number of ether oxygens (including phenoxy) is 2. The molecule has 7 nitrogen and oxygen atoms in total. The van der Waals surface area contributed by atoms with Gasteiger partial charge in [0.2, 0.25) is 0 Å². The maximum Gasteiger partial charge on any atom is 0.425 e. The van der Waals surface area contributed by atoms with E-state index in [1.807, 2.05) is 0 Å². The van der Waals surface area contributed by atoms with Crippen LogP contribution in [0.5, 0.6) is 0 Å². The number of carbonyl (C=O) groups excluding carboxylic acids is 2. The number of hydrogen-bond acceptors (Lipinski definition) is 7. The fraction of sp³-hybridized carbons (Fsp3) is 0.600. The molecule has 24 heavy (non-hydrogen) atoms. The Kier molecular flexibility index (Phi) is 6.46. The average molecular weight is 376 g/mol. The highest BCUT2D eigenvalue weighted by molar-refractivity contribution is 7.98. The second-order valence-electron chi connectivity index (χ2n) is 6.83. The summed E-state index contributed by atoms with van der Waals surface area (Å²) in [6, 6.07) is 1.30. The molecular weight excluding hydrogens is 354 g/mol. The zero-order valence-corrected chi connectivity index (χ0v) is 16.4. The normalized spacial score (nSPS) is 11.8. The van der Waals surface area contributed by atoms with E-state index in [4.69, 9.17) is 21.1 Å². The molecule has 0 saturated heterocycles. The Hall–Kier alpha value is -1.54. The summed E-state index contributed by atoms with van der Waals surface area (Å²) in [6.45, 7) is 10.2. The number of anilines is 1. The molecule has 1 rings (SSSR count). The maximum absolute atomic E-state index is 12.5. The Morgan fingerprint density at radius 2 is 1.50 bits per heavy atom. The van der Waals surface area contributed by atoms with Gasteiger partial charge in [0.25, 0.3) is 0 Å². The Balaban J connectivity index is 3.30. The quantitative estimate of drug-likeness (QED) is 0.426. The summed E-state index contributed by atoms with van der Waals surface area (Å²) in [5, 5.41) is 0.413. The van der Waals surface area contributed by atoms with Crippen LogP contribution in [0.25, 0.3) is 0 Å². The number of carbonyl (C=O) groups is 2. The maximum atomic E-state index is 12.5. The number of amides is 2. The second-order valence-corrected chi connectivity index (χ2v) is 7.99. The summed E-state index contributed by atoms with van der Waals surface area (Å²) < 4.78 is 10.6. The predicted octanol–water partition coefficient (Wildman–Crippen LogP) is 4.53. The molecule has 0 aromatic carbocycles. The standard InChI is InChI=1S/C15H22ClN3O4S/c1-14(2,3)22-12(20)19(13(21)23-15(4,5)6)10-8-9(16)17-11(18-10)24-7/h8H,1-7H3. The van der Waals surface area contributed by atoms with E-state index >= 15 is 0 Å². The van der Waals surface area contributed by atoms with Crippen LogP contribution in [0, 0.1) is 0 Å². The van der Waals surface area contributed by atoms with Crippen molar-refractivity contribution in [1.82, 2.24) is 9.97 Å². The Morgan fingerprint density at radius 1 is 1.04 bits per heavy atom. The smallest absolute Gasteiger partial charge is 0.425 e. The molecule has 1 aromatic rings. The summed E-state index contributed by atoms with van der Waals surface area (Å²) in [7, 11) is 0. The fourth-order valence-corrected chi connectivity index (χ4v) is 2.07. The van der Waals surface area contributed by atoms with Crippen LogP contribution in [0.1, 0.15) is 41.5 Å². The molecule has 0 N–H and O–H groups in total. The minimum atomic E-state index is -0.904. The van der Waals surface area contributed by atoms with E-state index in [-0.39, 0.29) is 11.0 Å². The first-order valence-electron chi connectivity index (χ1n) is 7.17. The molecule has 0 spiro atoms. The van der Waals surface area contributed by atoms with E-state index in [1.54, 1.807) is 47.8 Å². The largest absolute Gasteiger partial charge is 0.443 e. The molecule has 0 aliphatic carbocycles. The Bertz CT molecular complexity index is 598. The van der Waals surface area contributed by atoms with Gasteiger partial charge in [0.1, 0.15) is 16.4 Å². The molecule has 0 atom stereocenters. The van der Waals surface area contributed by atoms with E-state index in [9.17, 15) is 9.59 Å². The molecule has 0 aliphatic heterocycles. The molecule has 0 fully saturated rings. The summed E-state index contributed by atoms with van der Waals surface area (Å²) in [5.74, 6) is -0.0112. The zero-order chi connectivity index (χ0) is 18.7. The van der Waals surface area contributed by atoms with Crippen LogP contribution in [-0.2, 0) is 9.47 Å². The average Bonchev–Trinajstić information content (AvgIpc) is 2.33. The number of hydrogen-bond donors (Lipinski definition) is 0. The molecule has 1 aromatic heterocycles. The van der Waals surface area contributed by atoms with Gasteiger partial charge in [0.15, 0.2) is 11.0 Å². The number of thioether (sulfide) groups is 1. The van der Waals surface area contributed by atoms with Crippen molar-refractivity contribution in [3.05, 3.63) is 11.2 Å². The lowest BCUT2D eigenvalue weighted by Crippen LogP contribution is -2.44. The molecule has 1 heterocycles. The van der Waals surface area contributed by atoms with Crippen molar-refractivity contribution in [3.8, 4) is 0 Å². The van der Waals surface area contributed by atoms with Crippen molar-refractivity contribution in [2.45, 2.75) is 57.9 Å². The third-order valence-corrected chi connectivity index (χ3v) is 2.97. The van der Waals surface area contributed by atoms with Crippen molar-refractivity contribution >= 4 is 41.4 Å². The van der Waals surface area contributed by atoms with E-state index < -0.39 is 23.4 Å². The molecule has 134 valence electrons. The molecule has 0 radical (unpaired) electrons. The van der Waals surface area contributed by atoms with Gasteiger partial charge in [0.05, 0.1) is 0 Å². The van der Waals surface area contributed by atoms with Crippen molar-refractivity contribution in [3.63, 3.8) is 0 Å². The number of rotatable bonds is 2. The van der Waals surface area contributed by atoms with Crippen molar-refractivity contribution in [2.75, 3.05) is 11.2 Å². The predicted molar refractivity (Wildman–Crippen MR) is 93.8 cm³/mol. The zero-order valence-electron chi connectivity index (χ0n) is 14.8. The van der Waals surface area contributed by atoms with Gasteiger partial charge >= 0.3 is 12.2 Å². The number of nitrogens with zero attached hydrogens (tertiary/aromatic N) is 3. The first-order valence-corrected chi connectivity index (χ1v) is 8.77. The van der Waals surface area contributed by atoms with Crippen LogP contribution in [0.3, 0.4) is 0 Å². The van der Waals surface area contributed by atoms with Crippen molar-refractivity contribution < 1.29 is 19.1 Å². The SMILES string of the molecule is CSc1nc(Cl)cc(N(C(=O)OC(C)(C)C)C(=O)OC(C)(C)C)n1. The Labute approximate surface area is 151 Å². The molecule has 0 bridgehead atoms. The molecule has 0 unspecified atom stereocenters. The van der Waals surface area contributed by atoms with Crippen LogP contribution in [0.15, 0.2) is 11.2 Å². The van der Waals surface area contributed by atoms with Crippen molar-refractivity contribution in [1.29, 1.82) is 0 Å². The van der Waals surface area contributed by atoms with Gasteiger partial charge < -0.3 is 9.47 Å². The highest BCUT2D eigenvalue weighted by atomic mass is 35.5. The second kappa shape index (κ2) is 7.57. The summed E-state index contributed by atoms with van der Waals surface area (Å²) in [6.07, 6.45) is -0.0575. The lowest BCUT2D eigenvalue weighted by Gasteiger charge is -2.28. The van der Waals surface area contributed by atoms with Crippen LogP contribution in [-0.4, -0.2) is 39.6 Å². The van der Waals surface area contributed by atoms with E-state index in [2.05, 4.69) is 9.97 Å². The van der Waals surface area contributed by atoms with E-state index in [0.717, 1.165) is 0 Å². The highest BCUT2D eigenvalue weighted by Crippen LogP contribution is 2.24. The topological polar surface area (TPSA) is 81.6 Å². The molecular formula is C15H22ClN3O4S. The van der Waals surface area contributed by atoms with Crippen LogP contribution >= 0.6 is 23.4 Å². The molecule has 0 aliphatic rings. The lowest BCUT2D eigenvalue weighted by molar-refractivity contribution is 0.0429. The third-order valence-electron chi connectivity index (χ3n) is 2.22. The monoisotopic (exact) mass is 375 g/mol. The van der Waals surface area contributed by atoms with Gasteiger partial charge in [-0.3, -0.25) is 0 Å². The minimum absolute atomic E-state index is 0.0112. The van der Waals surface area contributed by atoms with E-state index in [1.165, 1.54) is 17.8 Å². The van der Waals surface area contributed by atoms with Gasteiger partial charge in [-0.05, 0) is 47.8 Å². The molecule has 9 heteroatoms. The van der Waals surface area contributed by atoms with Gasteiger partial charge in [0, 0.05) is 6.07 Å². The number of aromatic nitrogens is 2. The molecule has 2 amide bonds. The fourth-order valence-electron chi connectivity index (χ4n) is 1.47. The van der Waals surface area contributed by atoms with Gasteiger partial charge in [-0.1, -0.05) is 23.4 Å². The first kappa shape index (κ1) is 20.5. The first-order chi connectivity index (χ1) is 10.8. The van der Waals surface area contributed by atoms with Crippen LogP contribution in [0.2, 0.25) is 5.15 Å².